The van der Waals surface area contributed by atoms with Crippen molar-refractivity contribution in [1.29, 1.82) is 0 Å². The number of aromatic nitrogens is 1. The van der Waals surface area contributed by atoms with Crippen LogP contribution in [0.4, 0.5) is 11.4 Å². The number of carbonyl (C=O) groups excluding carboxylic acids is 1. The van der Waals surface area contributed by atoms with Gasteiger partial charge in [0.1, 0.15) is 0 Å². The molecule has 2 fully saturated rings. The number of amides is 1. The van der Waals surface area contributed by atoms with Crippen molar-refractivity contribution in [3.63, 3.8) is 0 Å². The number of benzene rings is 1. The van der Waals surface area contributed by atoms with Crippen molar-refractivity contribution >= 4 is 27.1 Å². The van der Waals surface area contributed by atoms with Gasteiger partial charge in [0.25, 0.3) is 11.2 Å². The van der Waals surface area contributed by atoms with Crippen LogP contribution in [0.25, 0.3) is 0 Å². The average Bonchev–Trinajstić information content (AvgIpc) is 3.20. The molecule has 3 unspecified atom stereocenters. The second kappa shape index (κ2) is 8.43. The number of nitrogens with zero attached hydrogens (tertiary/aromatic N) is 3. The molecule has 1 aromatic carbocycles. The quantitative estimate of drug-likeness (QED) is 0.485. The number of fused-ring (bicyclic) bond motifs is 8. The molecule has 10 nitrogen and oxygen atoms in total. The van der Waals surface area contributed by atoms with E-state index in [1.54, 1.807) is 24.3 Å². The number of non-ortho nitro benzene ring substituents is 1. The van der Waals surface area contributed by atoms with Gasteiger partial charge in [-0.05, 0) is 48.8 Å². The van der Waals surface area contributed by atoms with Crippen LogP contribution < -0.4 is 15.8 Å². The summed E-state index contributed by atoms with van der Waals surface area (Å²) in [5.74, 6) is -0.262. The SMILES string of the molecule is O=C(NCC1CCS(=O)(=O)C1)[C@@H]1Cc2cc([N+](=O)[O-])ccc2N2CC3CC(Cn4c3cccc4=O)[C@@H]12. The first-order chi connectivity index (χ1) is 17.2. The van der Waals surface area contributed by atoms with Gasteiger partial charge in [-0.25, -0.2) is 8.42 Å². The molecule has 4 aliphatic heterocycles. The van der Waals surface area contributed by atoms with Gasteiger partial charge in [0, 0.05) is 61.2 Å². The summed E-state index contributed by atoms with van der Waals surface area (Å²) in [5.41, 5.74) is 2.64. The molecule has 190 valence electrons. The highest BCUT2D eigenvalue weighted by molar-refractivity contribution is 7.91. The molecular formula is C25H28N4O6S. The van der Waals surface area contributed by atoms with Gasteiger partial charge in [-0.2, -0.15) is 0 Å². The monoisotopic (exact) mass is 512 g/mol. The Morgan fingerprint density at radius 2 is 2.03 bits per heavy atom. The Balaban J connectivity index is 1.34. The Hall–Kier alpha value is -3.21. The van der Waals surface area contributed by atoms with Crippen LogP contribution in [0.1, 0.15) is 30.0 Å². The molecule has 1 aromatic heterocycles. The first-order valence-electron chi connectivity index (χ1n) is 12.4. The Morgan fingerprint density at radius 3 is 2.78 bits per heavy atom. The summed E-state index contributed by atoms with van der Waals surface area (Å²) in [4.78, 5) is 39.5. The lowest BCUT2D eigenvalue weighted by Crippen LogP contribution is -2.61. The Labute approximate surface area is 208 Å². The van der Waals surface area contributed by atoms with Crippen LogP contribution in [0.3, 0.4) is 0 Å². The maximum Gasteiger partial charge on any atom is 0.269 e. The third kappa shape index (κ3) is 3.89. The molecule has 1 N–H and O–H groups in total. The van der Waals surface area contributed by atoms with Gasteiger partial charge in [-0.15, -0.1) is 0 Å². The number of pyridine rings is 1. The van der Waals surface area contributed by atoms with Crippen molar-refractivity contribution in [3.05, 3.63) is 68.1 Å². The minimum absolute atomic E-state index is 0.00313. The minimum Gasteiger partial charge on any atom is -0.366 e. The Morgan fingerprint density at radius 1 is 1.19 bits per heavy atom. The molecule has 11 heteroatoms. The van der Waals surface area contributed by atoms with Gasteiger partial charge >= 0.3 is 0 Å². The molecule has 36 heavy (non-hydrogen) atoms. The van der Waals surface area contributed by atoms with E-state index in [0.29, 0.717) is 32.5 Å². The molecule has 2 bridgehead atoms. The second-order valence-corrected chi connectivity index (χ2v) is 12.9. The topological polar surface area (TPSA) is 132 Å². The smallest absolute Gasteiger partial charge is 0.269 e. The molecule has 2 saturated heterocycles. The summed E-state index contributed by atoms with van der Waals surface area (Å²) in [6.45, 7) is 1.46. The molecule has 0 radical (unpaired) electrons. The molecule has 0 spiro atoms. The predicted molar refractivity (Wildman–Crippen MR) is 133 cm³/mol. The lowest BCUT2D eigenvalue weighted by Gasteiger charge is -2.54. The van der Waals surface area contributed by atoms with E-state index >= 15 is 0 Å². The van der Waals surface area contributed by atoms with Crippen LogP contribution in [-0.4, -0.2) is 54.5 Å². The third-order valence-corrected chi connectivity index (χ3v) is 10.3. The van der Waals surface area contributed by atoms with Crippen LogP contribution in [0.2, 0.25) is 0 Å². The van der Waals surface area contributed by atoms with E-state index in [1.807, 2.05) is 10.6 Å². The number of hydrogen-bond acceptors (Lipinski definition) is 7. The minimum atomic E-state index is -3.04. The fourth-order valence-electron chi connectivity index (χ4n) is 6.86. The molecule has 1 amide bonds. The number of nitro benzene ring substituents is 1. The normalized spacial score (nSPS) is 29.6. The number of rotatable bonds is 4. The zero-order chi connectivity index (χ0) is 25.2. The van der Waals surface area contributed by atoms with Crippen LogP contribution in [-0.2, 0) is 27.6 Å². The summed E-state index contributed by atoms with van der Waals surface area (Å²) < 4.78 is 25.5. The summed E-state index contributed by atoms with van der Waals surface area (Å²) in [6.07, 6.45) is 1.78. The van der Waals surface area contributed by atoms with E-state index in [-0.39, 0.29) is 52.5 Å². The van der Waals surface area contributed by atoms with Gasteiger partial charge in [-0.1, -0.05) is 6.07 Å². The summed E-state index contributed by atoms with van der Waals surface area (Å²) in [6, 6.07) is 10.1. The van der Waals surface area contributed by atoms with E-state index in [0.717, 1.165) is 23.4 Å². The highest BCUT2D eigenvalue weighted by atomic mass is 32.2. The number of nitrogens with one attached hydrogen (secondary N) is 1. The Kier molecular flexibility index (Phi) is 5.43. The maximum atomic E-state index is 13.6. The molecule has 0 saturated carbocycles. The molecule has 5 heterocycles. The Bertz CT molecular complexity index is 1420. The molecule has 0 aliphatic carbocycles. The molecular weight excluding hydrogens is 484 g/mol. The number of anilines is 1. The van der Waals surface area contributed by atoms with E-state index in [2.05, 4.69) is 10.2 Å². The van der Waals surface area contributed by atoms with Crippen molar-refractivity contribution in [3.8, 4) is 0 Å². The van der Waals surface area contributed by atoms with Crippen molar-refractivity contribution in [2.24, 2.45) is 17.8 Å². The highest BCUT2D eigenvalue weighted by Gasteiger charge is 2.49. The maximum absolute atomic E-state index is 13.6. The van der Waals surface area contributed by atoms with Crippen LogP contribution >= 0.6 is 0 Å². The zero-order valence-corrected chi connectivity index (χ0v) is 20.5. The van der Waals surface area contributed by atoms with Crippen molar-refractivity contribution in [2.75, 3.05) is 29.5 Å². The van der Waals surface area contributed by atoms with E-state index in [9.17, 15) is 28.1 Å². The van der Waals surface area contributed by atoms with Crippen LogP contribution in [0.15, 0.2) is 41.2 Å². The highest BCUT2D eigenvalue weighted by Crippen LogP contribution is 2.47. The second-order valence-electron chi connectivity index (χ2n) is 10.6. The average molecular weight is 513 g/mol. The first kappa shape index (κ1) is 23.2. The molecule has 5 atom stereocenters. The standard InChI is InChI=1S/C25H28N4O6S/c30-23-3-1-2-21-17-8-18(13-27(21)23)24-20(25(31)26-11-15-6-7-36(34,35)14-15)10-16-9-19(29(32)33)4-5-22(16)28(24)12-17/h1-5,9,15,17-18,20,24H,6-8,10-14H2,(H,26,31)/t15?,17?,18?,20-,24+/m1/s1. The van der Waals surface area contributed by atoms with E-state index < -0.39 is 20.7 Å². The summed E-state index contributed by atoms with van der Waals surface area (Å²) in [5, 5.41) is 14.5. The summed E-state index contributed by atoms with van der Waals surface area (Å²) in [7, 11) is -3.04. The number of piperidine rings is 1. The van der Waals surface area contributed by atoms with Crippen molar-refractivity contribution in [2.45, 2.75) is 37.8 Å². The van der Waals surface area contributed by atoms with Gasteiger partial charge in [0.15, 0.2) is 9.84 Å². The number of sulfone groups is 1. The molecule has 6 rings (SSSR count). The number of nitro groups is 1. The summed E-state index contributed by atoms with van der Waals surface area (Å²) >= 11 is 0. The third-order valence-electron chi connectivity index (χ3n) is 8.43. The molecule has 2 aromatic rings. The first-order valence-corrected chi connectivity index (χ1v) is 14.2. The fourth-order valence-corrected chi connectivity index (χ4v) is 8.72. The largest absolute Gasteiger partial charge is 0.366 e. The van der Waals surface area contributed by atoms with Gasteiger partial charge in [0.05, 0.1) is 22.3 Å². The fraction of sp³-hybridized carbons (Fsp3) is 0.520. The predicted octanol–water partition coefficient (Wildman–Crippen LogP) is 1.47. The zero-order valence-electron chi connectivity index (χ0n) is 19.7. The van der Waals surface area contributed by atoms with Crippen LogP contribution in [0, 0.1) is 27.9 Å². The lowest BCUT2D eigenvalue weighted by atomic mass is 9.70. The van der Waals surface area contributed by atoms with E-state index in [1.165, 1.54) is 6.07 Å². The molecule has 4 aliphatic rings. The van der Waals surface area contributed by atoms with Gasteiger partial charge in [0.2, 0.25) is 5.91 Å². The van der Waals surface area contributed by atoms with Gasteiger partial charge < -0.3 is 14.8 Å². The lowest BCUT2D eigenvalue weighted by molar-refractivity contribution is -0.384. The van der Waals surface area contributed by atoms with Crippen molar-refractivity contribution < 1.29 is 18.1 Å². The van der Waals surface area contributed by atoms with Crippen LogP contribution in [0.5, 0.6) is 0 Å². The van der Waals surface area contributed by atoms with E-state index in [4.69, 9.17) is 0 Å². The number of hydrogen-bond donors (Lipinski definition) is 1. The van der Waals surface area contributed by atoms with Crippen molar-refractivity contribution in [1.82, 2.24) is 9.88 Å². The van der Waals surface area contributed by atoms with Gasteiger partial charge in [-0.3, -0.25) is 19.7 Å². The number of carbonyl (C=O) groups is 1.